The molecule has 0 aliphatic carbocycles. The van der Waals surface area contributed by atoms with Crippen molar-refractivity contribution in [3.63, 3.8) is 0 Å². The number of hydrogen-bond donors (Lipinski definition) is 1. The minimum absolute atomic E-state index is 0.0899. The van der Waals surface area contributed by atoms with Gasteiger partial charge in [0.15, 0.2) is 5.78 Å². The average molecular weight is 369 g/mol. The van der Waals surface area contributed by atoms with Crippen LogP contribution in [0.3, 0.4) is 0 Å². The minimum atomic E-state index is -0.0899. The Morgan fingerprint density at radius 3 is 2.65 bits per heavy atom. The molecule has 3 aromatic rings. The molecule has 2 nitrogen and oxygen atoms in total. The second-order valence-electron chi connectivity index (χ2n) is 4.35. The van der Waals surface area contributed by atoms with Crippen LogP contribution in [-0.2, 0) is 0 Å². The fourth-order valence-corrected chi connectivity index (χ4v) is 2.67. The Bertz CT molecular complexity index is 826. The van der Waals surface area contributed by atoms with E-state index in [1.807, 2.05) is 6.07 Å². The molecule has 0 fully saturated rings. The number of rotatable bonds is 2. The van der Waals surface area contributed by atoms with Crippen molar-refractivity contribution in [1.82, 2.24) is 4.98 Å². The van der Waals surface area contributed by atoms with Crippen molar-refractivity contribution in [2.75, 3.05) is 0 Å². The van der Waals surface area contributed by atoms with E-state index < -0.39 is 0 Å². The van der Waals surface area contributed by atoms with Crippen molar-refractivity contribution in [2.45, 2.75) is 0 Å². The van der Waals surface area contributed by atoms with Crippen LogP contribution < -0.4 is 0 Å². The normalized spacial score (nSPS) is 10.9. The van der Waals surface area contributed by atoms with Crippen molar-refractivity contribution < 1.29 is 4.79 Å². The summed E-state index contributed by atoms with van der Waals surface area (Å²) >= 11 is 15.3. The van der Waals surface area contributed by atoms with Crippen LogP contribution in [0, 0.1) is 0 Å². The van der Waals surface area contributed by atoms with Crippen molar-refractivity contribution in [2.24, 2.45) is 0 Å². The van der Waals surface area contributed by atoms with E-state index in [1.54, 1.807) is 36.5 Å². The first-order valence-electron chi connectivity index (χ1n) is 5.82. The molecule has 0 saturated heterocycles. The molecular formula is C15H8BrCl2NO. The lowest BCUT2D eigenvalue weighted by Gasteiger charge is -2.02. The van der Waals surface area contributed by atoms with Crippen LogP contribution in [0.1, 0.15) is 15.9 Å². The van der Waals surface area contributed by atoms with Crippen molar-refractivity contribution in [1.29, 1.82) is 0 Å². The van der Waals surface area contributed by atoms with Crippen molar-refractivity contribution >= 4 is 55.8 Å². The van der Waals surface area contributed by atoms with Gasteiger partial charge in [-0.25, -0.2) is 0 Å². The van der Waals surface area contributed by atoms with Gasteiger partial charge in [0, 0.05) is 37.7 Å². The quantitative estimate of drug-likeness (QED) is 0.598. The molecule has 5 heteroatoms. The standard InChI is InChI=1S/C15H8BrCl2NO/c16-12-3-1-8(5-13(12)18)15(20)11-7-19-14-4-2-9(17)6-10(11)14/h1-7,19H. The van der Waals surface area contributed by atoms with Gasteiger partial charge in [-0.1, -0.05) is 23.2 Å². The Morgan fingerprint density at radius 2 is 1.90 bits per heavy atom. The summed E-state index contributed by atoms with van der Waals surface area (Å²) in [7, 11) is 0. The molecule has 0 spiro atoms. The average Bonchev–Trinajstić information content (AvgIpc) is 2.84. The van der Waals surface area contributed by atoms with E-state index in [4.69, 9.17) is 23.2 Å². The van der Waals surface area contributed by atoms with E-state index in [-0.39, 0.29) is 5.78 Å². The van der Waals surface area contributed by atoms with Gasteiger partial charge in [0.25, 0.3) is 0 Å². The number of halogens is 3. The second-order valence-corrected chi connectivity index (χ2v) is 6.05. The van der Waals surface area contributed by atoms with E-state index in [1.165, 1.54) is 0 Å². The maximum atomic E-state index is 12.6. The van der Waals surface area contributed by atoms with Crippen LogP contribution in [0.4, 0.5) is 0 Å². The van der Waals surface area contributed by atoms with Crippen LogP contribution in [0.2, 0.25) is 10.0 Å². The maximum Gasteiger partial charge on any atom is 0.195 e. The summed E-state index contributed by atoms with van der Waals surface area (Å²) in [6.45, 7) is 0. The lowest BCUT2D eigenvalue weighted by atomic mass is 10.0. The Kier molecular flexibility index (Phi) is 3.59. The van der Waals surface area contributed by atoms with Gasteiger partial charge in [-0.2, -0.15) is 0 Å². The van der Waals surface area contributed by atoms with Crippen molar-refractivity contribution in [3.05, 3.63) is 68.2 Å². The highest BCUT2D eigenvalue weighted by atomic mass is 79.9. The van der Waals surface area contributed by atoms with Crippen LogP contribution in [-0.4, -0.2) is 10.8 Å². The first-order chi connectivity index (χ1) is 9.56. The Balaban J connectivity index is 2.12. The number of carbonyl (C=O) groups excluding carboxylic acids is 1. The summed E-state index contributed by atoms with van der Waals surface area (Å²) in [5, 5.41) is 1.91. The molecule has 1 heterocycles. The van der Waals surface area contributed by atoms with Gasteiger partial charge in [-0.05, 0) is 52.3 Å². The molecular weight excluding hydrogens is 361 g/mol. The summed E-state index contributed by atoms with van der Waals surface area (Å²) in [5.41, 5.74) is 2.00. The SMILES string of the molecule is O=C(c1ccc(Br)c(Cl)c1)c1c[nH]c2ccc(Cl)cc12. The maximum absolute atomic E-state index is 12.6. The second kappa shape index (κ2) is 5.24. The molecule has 3 rings (SSSR count). The topological polar surface area (TPSA) is 32.9 Å². The molecule has 100 valence electrons. The van der Waals surface area contributed by atoms with Crippen LogP contribution in [0.5, 0.6) is 0 Å². The van der Waals surface area contributed by atoms with E-state index in [9.17, 15) is 4.79 Å². The number of fused-ring (bicyclic) bond motifs is 1. The van der Waals surface area contributed by atoms with Crippen molar-refractivity contribution in [3.8, 4) is 0 Å². The molecule has 2 aromatic carbocycles. The first-order valence-corrected chi connectivity index (χ1v) is 7.37. The number of hydrogen-bond acceptors (Lipinski definition) is 1. The number of carbonyl (C=O) groups is 1. The zero-order valence-corrected chi connectivity index (χ0v) is 13.2. The Labute approximate surface area is 133 Å². The van der Waals surface area contributed by atoms with Crippen LogP contribution >= 0.6 is 39.1 Å². The van der Waals surface area contributed by atoms with Gasteiger partial charge >= 0.3 is 0 Å². The predicted molar refractivity (Wildman–Crippen MR) is 85.9 cm³/mol. The largest absolute Gasteiger partial charge is 0.360 e. The molecule has 0 radical (unpaired) electrons. The molecule has 0 unspecified atom stereocenters. The van der Waals surface area contributed by atoms with Gasteiger partial charge in [0.05, 0.1) is 5.02 Å². The van der Waals surface area contributed by atoms with Gasteiger partial charge in [-0.15, -0.1) is 0 Å². The molecule has 0 aliphatic rings. The van der Waals surface area contributed by atoms with E-state index in [0.717, 1.165) is 15.4 Å². The summed E-state index contributed by atoms with van der Waals surface area (Å²) in [4.78, 5) is 15.6. The summed E-state index contributed by atoms with van der Waals surface area (Å²) < 4.78 is 0.762. The highest BCUT2D eigenvalue weighted by Crippen LogP contribution is 2.27. The van der Waals surface area contributed by atoms with Gasteiger partial charge in [-0.3, -0.25) is 4.79 Å². The summed E-state index contributed by atoms with van der Waals surface area (Å²) in [6, 6.07) is 10.6. The zero-order valence-electron chi connectivity index (χ0n) is 10.1. The Hall–Kier alpha value is -1.29. The molecule has 0 amide bonds. The molecule has 20 heavy (non-hydrogen) atoms. The first kappa shape index (κ1) is 13.7. The number of nitrogens with one attached hydrogen (secondary N) is 1. The highest BCUT2D eigenvalue weighted by Gasteiger charge is 2.15. The monoisotopic (exact) mass is 367 g/mol. The fourth-order valence-electron chi connectivity index (χ4n) is 2.07. The molecule has 0 bridgehead atoms. The van der Waals surface area contributed by atoms with Gasteiger partial charge in [0.2, 0.25) is 0 Å². The van der Waals surface area contributed by atoms with Gasteiger partial charge < -0.3 is 4.98 Å². The fraction of sp³-hybridized carbons (Fsp3) is 0. The molecule has 0 atom stereocenters. The molecule has 0 aliphatic heterocycles. The number of aromatic amines is 1. The third kappa shape index (κ3) is 2.37. The highest BCUT2D eigenvalue weighted by molar-refractivity contribution is 9.10. The van der Waals surface area contributed by atoms with Gasteiger partial charge in [0.1, 0.15) is 0 Å². The van der Waals surface area contributed by atoms with E-state index in [2.05, 4.69) is 20.9 Å². The predicted octanol–water partition coefficient (Wildman–Crippen LogP) is 5.47. The number of benzene rings is 2. The lowest BCUT2D eigenvalue weighted by molar-refractivity contribution is 0.104. The zero-order chi connectivity index (χ0) is 14.3. The third-order valence-electron chi connectivity index (χ3n) is 3.07. The molecule has 1 aromatic heterocycles. The number of H-pyrrole nitrogens is 1. The number of ketones is 1. The summed E-state index contributed by atoms with van der Waals surface area (Å²) in [5.74, 6) is -0.0899. The molecule has 0 saturated carbocycles. The van der Waals surface area contributed by atoms with Crippen LogP contribution in [0.15, 0.2) is 47.1 Å². The smallest absolute Gasteiger partial charge is 0.195 e. The van der Waals surface area contributed by atoms with E-state index >= 15 is 0 Å². The lowest BCUT2D eigenvalue weighted by Crippen LogP contribution is -2.00. The Morgan fingerprint density at radius 1 is 1.10 bits per heavy atom. The van der Waals surface area contributed by atoms with E-state index in [0.29, 0.717) is 21.2 Å². The molecule has 1 N–H and O–H groups in total. The third-order valence-corrected chi connectivity index (χ3v) is 4.54. The number of aromatic nitrogens is 1. The summed E-state index contributed by atoms with van der Waals surface area (Å²) in [6.07, 6.45) is 1.69. The van der Waals surface area contributed by atoms with Crippen LogP contribution in [0.25, 0.3) is 10.9 Å². The minimum Gasteiger partial charge on any atom is -0.360 e.